The highest BCUT2D eigenvalue weighted by Crippen LogP contribution is 2.16. The largest absolute Gasteiger partial charge is 0.477 e. The van der Waals surface area contributed by atoms with Gasteiger partial charge in [0.15, 0.2) is 6.10 Å². The summed E-state index contributed by atoms with van der Waals surface area (Å²) in [5, 5.41) is 9.70. The van der Waals surface area contributed by atoms with Crippen molar-refractivity contribution in [2.24, 2.45) is 0 Å². The molecule has 0 rings (SSSR count). The van der Waals surface area contributed by atoms with Gasteiger partial charge in [0.25, 0.3) is 6.29 Å². The van der Waals surface area contributed by atoms with Crippen molar-refractivity contribution >= 4 is 17.9 Å². The van der Waals surface area contributed by atoms with E-state index in [0.29, 0.717) is 23.9 Å². The topological polar surface area (TPSA) is 108 Å². The monoisotopic (exact) mass is 997 g/mol. The van der Waals surface area contributed by atoms with Crippen molar-refractivity contribution in [1.82, 2.24) is 0 Å². The molecule has 0 heterocycles. The number of esters is 2. The Hall–Kier alpha value is -3.27. The molecular formula is C62H110NO8+. The lowest BCUT2D eigenvalue weighted by atomic mass is 10.0. The van der Waals surface area contributed by atoms with Crippen molar-refractivity contribution in [1.29, 1.82) is 0 Å². The van der Waals surface area contributed by atoms with E-state index in [-0.39, 0.29) is 32.2 Å². The molecule has 0 amide bonds. The van der Waals surface area contributed by atoms with E-state index in [1.807, 2.05) is 21.1 Å². The Labute approximate surface area is 437 Å². The molecule has 0 saturated heterocycles. The molecule has 0 aromatic heterocycles. The summed E-state index contributed by atoms with van der Waals surface area (Å²) in [6.45, 7) is 4.77. The SMILES string of the molecule is CC/C=C\C/C=C\C/C=C\C/C=C\C/C=C\C/C=C\CCCCCCCCC(=O)OC(COC(=O)CCCCCCCCCCCCCCCCCCCCCCC)COC(OCC[N+](C)(C)C)C(=O)O. The predicted molar refractivity (Wildman–Crippen MR) is 299 cm³/mol. The van der Waals surface area contributed by atoms with E-state index in [1.54, 1.807) is 0 Å². The van der Waals surface area contributed by atoms with Gasteiger partial charge in [0.1, 0.15) is 13.2 Å². The summed E-state index contributed by atoms with van der Waals surface area (Å²) in [6.07, 6.45) is 65.4. The molecule has 2 atom stereocenters. The minimum atomic E-state index is -1.52. The number of carboxylic acids is 1. The number of carbonyl (C=O) groups is 3. The predicted octanol–water partition coefficient (Wildman–Crippen LogP) is 17.0. The van der Waals surface area contributed by atoms with Crippen molar-refractivity contribution in [3.05, 3.63) is 72.9 Å². The van der Waals surface area contributed by atoms with Gasteiger partial charge in [0.2, 0.25) is 0 Å². The second-order valence-electron chi connectivity index (χ2n) is 20.6. The van der Waals surface area contributed by atoms with Crippen LogP contribution in [0.4, 0.5) is 0 Å². The third-order valence-electron chi connectivity index (χ3n) is 12.5. The zero-order valence-electron chi connectivity index (χ0n) is 46.6. The molecule has 0 bridgehead atoms. The molecule has 0 saturated carbocycles. The number of quaternary nitrogens is 1. The third-order valence-corrected chi connectivity index (χ3v) is 12.5. The van der Waals surface area contributed by atoms with Gasteiger partial charge in [-0.15, -0.1) is 0 Å². The van der Waals surface area contributed by atoms with Crippen LogP contribution in [0.3, 0.4) is 0 Å². The fourth-order valence-electron chi connectivity index (χ4n) is 8.02. The molecule has 0 aromatic carbocycles. The fraction of sp³-hybridized carbons (Fsp3) is 0.758. The van der Waals surface area contributed by atoms with Crippen LogP contribution in [0.15, 0.2) is 72.9 Å². The molecule has 0 aliphatic heterocycles. The van der Waals surface area contributed by atoms with E-state index in [1.165, 1.54) is 116 Å². The molecule has 0 radical (unpaired) electrons. The first-order valence-corrected chi connectivity index (χ1v) is 29.1. The molecule has 2 unspecified atom stereocenters. The van der Waals surface area contributed by atoms with E-state index < -0.39 is 24.3 Å². The molecule has 9 heteroatoms. The van der Waals surface area contributed by atoms with Crippen LogP contribution in [-0.2, 0) is 33.3 Å². The number of aliphatic carboxylic acids is 1. The lowest BCUT2D eigenvalue weighted by Gasteiger charge is -2.25. The van der Waals surface area contributed by atoms with Gasteiger partial charge < -0.3 is 28.5 Å². The quantitative estimate of drug-likeness (QED) is 0.0211. The van der Waals surface area contributed by atoms with Crippen molar-refractivity contribution in [3.8, 4) is 0 Å². The lowest BCUT2D eigenvalue weighted by Crippen LogP contribution is -2.40. The van der Waals surface area contributed by atoms with E-state index in [9.17, 15) is 19.5 Å². The molecule has 410 valence electrons. The lowest BCUT2D eigenvalue weighted by molar-refractivity contribution is -0.870. The molecular weight excluding hydrogens is 887 g/mol. The Bertz CT molecular complexity index is 1390. The van der Waals surface area contributed by atoms with Gasteiger partial charge in [-0.3, -0.25) is 9.59 Å². The minimum absolute atomic E-state index is 0.182. The van der Waals surface area contributed by atoms with Gasteiger partial charge in [-0.25, -0.2) is 4.79 Å². The summed E-state index contributed by atoms with van der Waals surface area (Å²) in [6, 6.07) is 0. The van der Waals surface area contributed by atoms with Gasteiger partial charge in [-0.1, -0.05) is 241 Å². The van der Waals surface area contributed by atoms with Crippen LogP contribution in [0.2, 0.25) is 0 Å². The summed E-state index contributed by atoms with van der Waals surface area (Å²) >= 11 is 0. The van der Waals surface area contributed by atoms with Crippen LogP contribution in [0.1, 0.15) is 245 Å². The van der Waals surface area contributed by atoms with Crippen molar-refractivity contribution < 1.29 is 42.9 Å². The first kappa shape index (κ1) is 67.7. The number of nitrogens with zero attached hydrogens (tertiary/aromatic N) is 1. The fourth-order valence-corrected chi connectivity index (χ4v) is 8.02. The van der Waals surface area contributed by atoms with Crippen LogP contribution in [0, 0.1) is 0 Å². The van der Waals surface area contributed by atoms with Crippen molar-refractivity contribution in [2.45, 2.75) is 257 Å². The first-order chi connectivity index (χ1) is 34.6. The summed E-state index contributed by atoms with van der Waals surface area (Å²) in [5.74, 6) is -2.02. The average Bonchev–Trinajstić information content (AvgIpc) is 3.34. The Morgan fingerprint density at radius 1 is 0.437 bits per heavy atom. The number of hydrogen-bond donors (Lipinski definition) is 1. The van der Waals surface area contributed by atoms with Gasteiger partial charge in [0, 0.05) is 12.8 Å². The molecule has 9 nitrogen and oxygen atoms in total. The molecule has 1 N–H and O–H groups in total. The van der Waals surface area contributed by atoms with Crippen LogP contribution < -0.4 is 0 Å². The number of allylic oxidation sites excluding steroid dienone is 12. The van der Waals surface area contributed by atoms with Crippen LogP contribution in [0.5, 0.6) is 0 Å². The zero-order valence-corrected chi connectivity index (χ0v) is 46.6. The normalized spacial score (nSPS) is 13.3. The maximum atomic E-state index is 12.9. The highest BCUT2D eigenvalue weighted by molar-refractivity contribution is 5.71. The third kappa shape index (κ3) is 54.3. The molecule has 0 spiro atoms. The summed E-state index contributed by atoms with van der Waals surface area (Å²) in [7, 11) is 5.96. The second kappa shape index (κ2) is 53.0. The van der Waals surface area contributed by atoms with Crippen LogP contribution in [-0.4, -0.2) is 87.4 Å². The number of likely N-dealkylation sites (N-methyl/N-ethyl adjacent to an activating group) is 1. The van der Waals surface area contributed by atoms with Gasteiger partial charge in [0.05, 0.1) is 34.4 Å². The first-order valence-electron chi connectivity index (χ1n) is 29.1. The summed E-state index contributed by atoms with van der Waals surface area (Å²) in [4.78, 5) is 37.4. The smallest absolute Gasteiger partial charge is 0.361 e. The second-order valence-corrected chi connectivity index (χ2v) is 20.6. The van der Waals surface area contributed by atoms with Gasteiger partial charge >= 0.3 is 17.9 Å². The summed E-state index contributed by atoms with van der Waals surface area (Å²) < 4.78 is 22.9. The molecule has 0 aliphatic carbocycles. The number of ether oxygens (including phenoxy) is 4. The highest BCUT2D eigenvalue weighted by atomic mass is 16.7. The number of hydrogen-bond acceptors (Lipinski definition) is 7. The van der Waals surface area contributed by atoms with Crippen molar-refractivity contribution in [2.75, 3.05) is 47.5 Å². The van der Waals surface area contributed by atoms with Gasteiger partial charge in [-0.2, -0.15) is 0 Å². The van der Waals surface area contributed by atoms with Crippen LogP contribution >= 0.6 is 0 Å². The van der Waals surface area contributed by atoms with E-state index in [4.69, 9.17) is 18.9 Å². The van der Waals surface area contributed by atoms with E-state index >= 15 is 0 Å². The Morgan fingerprint density at radius 3 is 1.20 bits per heavy atom. The minimum Gasteiger partial charge on any atom is -0.477 e. The zero-order chi connectivity index (χ0) is 52.0. The Morgan fingerprint density at radius 2 is 0.803 bits per heavy atom. The highest BCUT2D eigenvalue weighted by Gasteiger charge is 2.25. The maximum absolute atomic E-state index is 12.9. The molecule has 0 fully saturated rings. The molecule has 0 aliphatic rings. The number of rotatable bonds is 53. The number of carboxylic acid groups (broad SMARTS) is 1. The standard InChI is InChI=1S/C62H109NO8/c1-6-8-10-12-14-16-18-20-22-24-26-28-29-30-31-33-35-37-39-41-43-45-47-49-51-53-60(65)71-58(57-70-62(61(66)67)68-55-54-63(3,4)5)56-69-59(64)52-50-48-46-44-42-40-38-36-34-32-27-25-23-21-19-17-15-13-11-9-7-2/h8,10,14,16,20,22,26,28,30-31,35,37,58,62H,6-7,9,11-13,15,17-19,21,23-25,27,29,32-34,36,38-57H2,1-5H3/p+1/b10-8-,16-14-,22-20-,28-26-,31-30-,37-35-. The number of unbranched alkanes of at least 4 members (excludes halogenated alkanes) is 26. The summed E-state index contributed by atoms with van der Waals surface area (Å²) in [5.41, 5.74) is 0. The van der Waals surface area contributed by atoms with E-state index in [2.05, 4.69) is 86.8 Å². The number of carbonyl (C=O) groups excluding carboxylic acids is 2. The van der Waals surface area contributed by atoms with Crippen molar-refractivity contribution in [3.63, 3.8) is 0 Å². The Kier molecular flexibility index (Phi) is 50.6. The maximum Gasteiger partial charge on any atom is 0.361 e. The molecule has 71 heavy (non-hydrogen) atoms. The van der Waals surface area contributed by atoms with Crippen LogP contribution in [0.25, 0.3) is 0 Å². The van der Waals surface area contributed by atoms with E-state index in [0.717, 1.165) is 96.3 Å². The van der Waals surface area contributed by atoms with Gasteiger partial charge in [-0.05, 0) is 64.2 Å². The molecule has 0 aromatic rings. The Balaban J connectivity index is 4.29. The average molecular weight is 998 g/mol.